The quantitative estimate of drug-likeness (QED) is 0.709. The highest BCUT2D eigenvalue weighted by Crippen LogP contribution is 2.11. The van der Waals surface area contributed by atoms with E-state index in [9.17, 15) is 17.6 Å². The van der Waals surface area contributed by atoms with E-state index in [2.05, 4.69) is 10.6 Å². The van der Waals surface area contributed by atoms with Gasteiger partial charge in [-0.2, -0.15) is 0 Å². The van der Waals surface area contributed by atoms with E-state index in [-0.39, 0.29) is 23.1 Å². The number of sulfone groups is 1. The van der Waals surface area contributed by atoms with Crippen LogP contribution in [-0.2, 0) is 14.6 Å². The first kappa shape index (κ1) is 15.6. The predicted molar refractivity (Wildman–Crippen MR) is 70.0 cm³/mol. The molecule has 0 bridgehead atoms. The van der Waals surface area contributed by atoms with Crippen LogP contribution in [0.5, 0.6) is 0 Å². The molecular formula is C12H17FN2O3S. The maximum Gasteiger partial charge on any atom is 0.221 e. The van der Waals surface area contributed by atoms with Crippen LogP contribution in [0.3, 0.4) is 0 Å². The summed E-state index contributed by atoms with van der Waals surface area (Å²) in [6.07, 6.45) is 0.299. The minimum atomic E-state index is -3.49. The van der Waals surface area contributed by atoms with Crippen molar-refractivity contribution in [1.29, 1.82) is 0 Å². The number of carbonyl (C=O) groups is 1. The maximum atomic E-state index is 12.7. The number of carbonyl (C=O) groups excluding carboxylic acids is 1. The fraction of sp³-hybridized carbons (Fsp3) is 0.417. The molecule has 0 aromatic heterocycles. The van der Waals surface area contributed by atoms with Gasteiger partial charge in [-0.05, 0) is 31.3 Å². The van der Waals surface area contributed by atoms with Crippen molar-refractivity contribution >= 4 is 15.7 Å². The van der Waals surface area contributed by atoms with Crippen molar-refractivity contribution in [3.05, 3.63) is 30.1 Å². The smallest absolute Gasteiger partial charge is 0.221 e. The zero-order chi connectivity index (χ0) is 14.3. The normalized spacial score (nSPS) is 11.3. The molecule has 2 N–H and O–H groups in total. The Balaban J connectivity index is 2.47. The third kappa shape index (κ3) is 5.35. The van der Waals surface area contributed by atoms with Crippen molar-refractivity contribution in [2.24, 2.45) is 0 Å². The molecule has 19 heavy (non-hydrogen) atoms. The Bertz CT molecular complexity index is 514. The lowest BCUT2D eigenvalue weighted by Crippen LogP contribution is -2.30. The van der Waals surface area contributed by atoms with Gasteiger partial charge in [-0.3, -0.25) is 4.79 Å². The first-order valence-corrected chi connectivity index (χ1v) is 7.50. The molecular weight excluding hydrogens is 271 g/mol. The molecule has 0 unspecified atom stereocenters. The topological polar surface area (TPSA) is 75.3 Å². The highest BCUT2D eigenvalue weighted by molar-refractivity contribution is 7.91. The van der Waals surface area contributed by atoms with E-state index in [4.69, 9.17) is 0 Å². The van der Waals surface area contributed by atoms with Gasteiger partial charge < -0.3 is 10.6 Å². The average Bonchev–Trinajstić information content (AvgIpc) is 2.36. The number of halogens is 1. The molecule has 0 aliphatic heterocycles. The molecule has 1 amide bonds. The Hall–Kier alpha value is -1.47. The van der Waals surface area contributed by atoms with E-state index >= 15 is 0 Å². The van der Waals surface area contributed by atoms with E-state index < -0.39 is 15.7 Å². The van der Waals surface area contributed by atoms with E-state index in [0.29, 0.717) is 13.0 Å². The van der Waals surface area contributed by atoms with Gasteiger partial charge in [0.1, 0.15) is 5.82 Å². The van der Waals surface area contributed by atoms with Gasteiger partial charge in [-0.1, -0.05) is 0 Å². The van der Waals surface area contributed by atoms with Gasteiger partial charge in [-0.25, -0.2) is 12.8 Å². The van der Waals surface area contributed by atoms with Crippen LogP contribution in [0.25, 0.3) is 0 Å². The van der Waals surface area contributed by atoms with E-state index in [1.165, 1.54) is 12.1 Å². The fourth-order valence-electron chi connectivity index (χ4n) is 1.41. The van der Waals surface area contributed by atoms with Crippen LogP contribution in [0, 0.1) is 5.82 Å². The van der Waals surface area contributed by atoms with Crippen LogP contribution in [0.4, 0.5) is 4.39 Å². The Morgan fingerprint density at radius 3 is 2.42 bits per heavy atom. The molecule has 0 atom stereocenters. The summed E-state index contributed by atoms with van der Waals surface area (Å²) < 4.78 is 36.4. The van der Waals surface area contributed by atoms with Crippen molar-refractivity contribution in [2.75, 3.05) is 25.9 Å². The molecule has 0 heterocycles. The summed E-state index contributed by atoms with van der Waals surface area (Å²) >= 11 is 0. The molecule has 1 rings (SSSR count). The van der Waals surface area contributed by atoms with Crippen LogP contribution in [0.2, 0.25) is 0 Å². The average molecular weight is 288 g/mol. The highest BCUT2D eigenvalue weighted by Gasteiger charge is 2.14. The van der Waals surface area contributed by atoms with Crippen molar-refractivity contribution in [3.8, 4) is 0 Å². The van der Waals surface area contributed by atoms with Gasteiger partial charge in [0.25, 0.3) is 0 Å². The Morgan fingerprint density at radius 1 is 1.21 bits per heavy atom. The molecule has 5 nitrogen and oxygen atoms in total. The first-order chi connectivity index (χ1) is 8.95. The summed E-state index contributed by atoms with van der Waals surface area (Å²) in [7, 11) is -1.76. The third-order valence-electron chi connectivity index (χ3n) is 2.47. The van der Waals surface area contributed by atoms with Crippen LogP contribution in [-0.4, -0.2) is 40.2 Å². The summed E-state index contributed by atoms with van der Waals surface area (Å²) in [5.74, 6) is -0.896. The molecule has 1 aromatic rings. The van der Waals surface area contributed by atoms with Crippen molar-refractivity contribution in [1.82, 2.24) is 10.6 Å². The lowest BCUT2D eigenvalue weighted by atomic mass is 10.4. The molecule has 0 aliphatic carbocycles. The second-order valence-electron chi connectivity index (χ2n) is 3.98. The number of hydrogen-bond donors (Lipinski definition) is 2. The van der Waals surface area contributed by atoms with Crippen LogP contribution in [0.15, 0.2) is 29.2 Å². The number of benzene rings is 1. The summed E-state index contributed by atoms with van der Waals surface area (Å²) in [5, 5.41) is 5.34. The fourth-order valence-corrected chi connectivity index (χ4v) is 2.57. The zero-order valence-corrected chi connectivity index (χ0v) is 11.5. The summed E-state index contributed by atoms with van der Waals surface area (Å²) in [4.78, 5) is 11.3. The summed E-state index contributed by atoms with van der Waals surface area (Å²) in [6.45, 7) is 0.582. The molecule has 0 saturated heterocycles. The van der Waals surface area contributed by atoms with Crippen molar-refractivity contribution < 1.29 is 17.6 Å². The number of nitrogens with one attached hydrogen (secondary N) is 2. The van der Waals surface area contributed by atoms with Gasteiger partial charge in [-0.15, -0.1) is 0 Å². The van der Waals surface area contributed by atoms with Crippen molar-refractivity contribution in [3.63, 3.8) is 0 Å². The molecule has 0 radical (unpaired) electrons. The van der Waals surface area contributed by atoms with Gasteiger partial charge in [0, 0.05) is 19.5 Å². The first-order valence-electron chi connectivity index (χ1n) is 5.85. The predicted octanol–water partition coefficient (Wildman–Crippen LogP) is 0.325. The lowest BCUT2D eigenvalue weighted by Gasteiger charge is -2.06. The Morgan fingerprint density at radius 2 is 1.84 bits per heavy atom. The van der Waals surface area contributed by atoms with E-state index in [1.807, 2.05) is 0 Å². The van der Waals surface area contributed by atoms with Crippen molar-refractivity contribution in [2.45, 2.75) is 11.3 Å². The maximum absolute atomic E-state index is 12.7. The standard InChI is InChI=1S/C12H17FN2O3S/c1-14-7-6-12(16)15-8-9-19(17,18)11-4-2-10(13)3-5-11/h2-5,14H,6-9H2,1H3,(H,15,16). The Labute approximate surface area is 112 Å². The Kier molecular flexibility index (Phi) is 5.91. The second kappa shape index (κ2) is 7.20. The number of amides is 1. The monoisotopic (exact) mass is 288 g/mol. The zero-order valence-electron chi connectivity index (χ0n) is 10.6. The molecule has 106 valence electrons. The molecule has 0 aliphatic rings. The second-order valence-corrected chi connectivity index (χ2v) is 6.09. The van der Waals surface area contributed by atoms with E-state index in [0.717, 1.165) is 12.1 Å². The lowest BCUT2D eigenvalue weighted by molar-refractivity contribution is -0.120. The highest BCUT2D eigenvalue weighted by atomic mass is 32.2. The van der Waals surface area contributed by atoms with E-state index in [1.54, 1.807) is 7.05 Å². The van der Waals surface area contributed by atoms with Gasteiger partial charge in [0.05, 0.1) is 10.6 Å². The van der Waals surface area contributed by atoms with Gasteiger partial charge >= 0.3 is 0 Å². The number of hydrogen-bond acceptors (Lipinski definition) is 4. The molecule has 0 spiro atoms. The SMILES string of the molecule is CNCCC(=O)NCCS(=O)(=O)c1ccc(F)cc1. The third-order valence-corrected chi connectivity index (χ3v) is 4.20. The van der Waals surface area contributed by atoms with Crippen LogP contribution < -0.4 is 10.6 Å². The minimum absolute atomic E-state index is 0.0439. The van der Waals surface area contributed by atoms with Crippen LogP contribution in [0.1, 0.15) is 6.42 Å². The molecule has 0 saturated carbocycles. The summed E-state index contributed by atoms with van der Waals surface area (Å²) in [6, 6.07) is 4.62. The number of rotatable bonds is 7. The molecule has 1 aromatic carbocycles. The minimum Gasteiger partial charge on any atom is -0.355 e. The van der Waals surface area contributed by atoms with Crippen LogP contribution >= 0.6 is 0 Å². The largest absolute Gasteiger partial charge is 0.355 e. The molecule has 0 fully saturated rings. The molecule has 7 heteroatoms. The van der Waals surface area contributed by atoms with Gasteiger partial charge in [0.15, 0.2) is 9.84 Å². The summed E-state index contributed by atoms with van der Waals surface area (Å²) in [5.41, 5.74) is 0. The van der Waals surface area contributed by atoms with Gasteiger partial charge in [0.2, 0.25) is 5.91 Å².